The first-order valence-corrected chi connectivity index (χ1v) is 10.9. The van der Waals surface area contributed by atoms with Crippen LogP contribution in [-0.4, -0.2) is 77.6 Å². The summed E-state index contributed by atoms with van der Waals surface area (Å²) in [5, 5.41) is 14.0. The smallest absolute Gasteiger partial charge is 0.363 e. The van der Waals surface area contributed by atoms with Gasteiger partial charge in [-0.3, -0.25) is 19.8 Å². The minimum atomic E-state index is -4.67. The van der Waals surface area contributed by atoms with Crippen molar-refractivity contribution in [2.24, 2.45) is 0 Å². The molecule has 0 bridgehead atoms. The van der Waals surface area contributed by atoms with Crippen LogP contribution in [-0.2, 0) is 11.0 Å². The molecule has 1 atom stereocenters. The van der Waals surface area contributed by atoms with Crippen LogP contribution >= 0.6 is 11.8 Å². The lowest BCUT2D eigenvalue weighted by Crippen LogP contribution is -2.51. The van der Waals surface area contributed by atoms with Gasteiger partial charge in [-0.1, -0.05) is 0 Å². The summed E-state index contributed by atoms with van der Waals surface area (Å²) in [6.45, 7) is 1.51. The van der Waals surface area contributed by atoms with Gasteiger partial charge in [0.15, 0.2) is 0 Å². The molecule has 170 valence electrons. The fraction of sp³-hybridized carbons (Fsp3) is 0.556. The number of hydrogen-bond acceptors (Lipinski definition) is 7. The van der Waals surface area contributed by atoms with Gasteiger partial charge in [-0.15, -0.1) is 0 Å². The Morgan fingerprint density at radius 3 is 2.48 bits per heavy atom. The molecule has 2 heterocycles. The van der Waals surface area contributed by atoms with Gasteiger partial charge in [0.05, 0.1) is 17.2 Å². The summed E-state index contributed by atoms with van der Waals surface area (Å²) in [5.74, 6) is 0.467. The summed E-state index contributed by atoms with van der Waals surface area (Å²) in [6, 6.07) is 1.51. The summed E-state index contributed by atoms with van der Waals surface area (Å²) in [7, 11) is 0. The van der Waals surface area contributed by atoms with Crippen molar-refractivity contribution in [1.82, 2.24) is 15.1 Å². The topological polar surface area (TPSA) is 99.0 Å². The Hall–Kier alpha value is -2.54. The van der Waals surface area contributed by atoms with Crippen LogP contribution in [0.5, 0.6) is 0 Å². The van der Waals surface area contributed by atoms with Crippen molar-refractivity contribution in [1.29, 1.82) is 0 Å². The quantitative estimate of drug-likeness (QED) is 0.378. The number of carbonyl (C=O) groups excluding carboxylic acids is 2. The maximum atomic E-state index is 12.9. The van der Waals surface area contributed by atoms with Crippen LogP contribution < -0.4 is 10.2 Å². The van der Waals surface area contributed by atoms with E-state index in [2.05, 4.69) is 5.32 Å². The number of amides is 3. The molecule has 0 unspecified atom stereocenters. The van der Waals surface area contributed by atoms with Crippen molar-refractivity contribution in [3.05, 3.63) is 33.9 Å². The first-order valence-electron chi connectivity index (χ1n) is 9.55. The van der Waals surface area contributed by atoms with Gasteiger partial charge in [-0.05, 0) is 30.6 Å². The number of nitro groups is 1. The highest BCUT2D eigenvalue weighted by Crippen LogP contribution is 2.36. The number of imide groups is 1. The van der Waals surface area contributed by atoms with Crippen molar-refractivity contribution in [2.75, 3.05) is 49.8 Å². The van der Waals surface area contributed by atoms with E-state index in [0.717, 1.165) is 22.8 Å². The number of halogens is 3. The van der Waals surface area contributed by atoms with Crippen molar-refractivity contribution in [3.63, 3.8) is 0 Å². The van der Waals surface area contributed by atoms with Crippen LogP contribution in [0.1, 0.15) is 12.0 Å². The molecule has 31 heavy (non-hydrogen) atoms. The first-order chi connectivity index (χ1) is 14.6. The highest BCUT2D eigenvalue weighted by Gasteiger charge is 2.39. The fourth-order valence-corrected chi connectivity index (χ4v) is 4.06. The van der Waals surface area contributed by atoms with Gasteiger partial charge >= 0.3 is 12.2 Å². The van der Waals surface area contributed by atoms with Crippen molar-refractivity contribution < 1.29 is 27.7 Å². The maximum Gasteiger partial charge on any atom is 0.416 e. The number of alkyl halides is 3. The molecule has 0 saturated carbocycles. The van der Waals surface area contributed by atoms with Crippen LogP contribution in [0.4, 0.5) is 29.3 Å². The summed E-state index contributed by atoms with van der Waals surface area (Å²) < 4.78 is 38.7. The van der Waals surface area contributed by atoms with Gasteiger partial charge in [-0.2, -0.15) is 24.9 Å². The lowest BCUT2D eigenvalue weighted by molar-refractivity contribution is -0.384. The largest absolute Gasteiger partial charge is 0.416 e. The molecule has 3 amide bonds. The summed E-state index contributed by atoms with van der Waals surface area (Å²) >= 11 is 1.58. The molecular formula is C18H22F3N5O4S. The number of benzene rings is 1. The monoisotopic (exact) mass is 461 g/mol. The molecule has 2 aliphatic rings. The molecule has 1 aromatic rings. The van der Waals surface area contributed by atoms with E-state index >= 15 is 0 Å². The summed E-state index contributed by atoms with van der Waals surface area (Å²) in [6.07, 6.45) is -2.20. The van der Waals surface area contributed by atoms with E-state index in [1.165, 1.54) is 0 Å². The Morgan fingerprint density at radius 1 is 1.23 bits per heavy atom. The van der Waals surface area contributed by atoms with E-state index in [4.69, 9.17) is 0 Å². The SMILES string of the molecule is CSCC[C@H]1NC(=O)N(CN2CCN(c3ccc(C(F)(F)F)cc3[N+](=O)[O-])CC2)C1=O. The van der Waals surface area contributed by atoms with Gasteiger partial charge in [-0.25, -0.2) is 9.69 Å². The molecule has 13 heteroatoms. The molecule has 0 radical (unpaired) electrons. The van der Waals surface area contributed by atoms with Crippen LogP contribution in [0.15, 0.2) is 18.2 Å². The van der Waals surface area contributed by atoms with E-state index < -0.39 is 34.4 Å². The number of piperazine rings is 1. The normalized spacial score (nSPS) is 20.3. The zero-order chi connectivity index (χ0) is 22.8. The minimum Gasteiger partial charge on any atom is -0.363 e. The minimum absolute atomic E-state index is 0.101. The summed E-state index contributed by atoms with van der Waals surface area (Å²) in [4.78, 5) is 39.7. The summed E-state index contributed by atoms with van der Waals surface area (Å²) in [5.41, 5.74) is -1.56. The molecular weight excluding hydrogens is 439 g/mol. The third-order valence-corrected chi connectivity index (χ3v) is 5.92. The number of hydrogen-bond donors (Lipinski definition) is 1. The van der Waals surface area contributed by atoms with Crippen LogP contribution in [0.2, 0.25) is 0 Å². The predicted octanol–water partition coefficient (Wildman–Crippen LogP) is 2.37. The highest BCUT2D eigenvalue weighted by atomic mass is 32.2. The average molecular weight is 461 g/mol. The average Bonchev–Trinajstić information content (AvgIpc) is 2.99. The van der Waals surface area contributed by atoms with E-state index in [1.807, 2.05) is 11.2 Å². The first kappa shape index (κ1) is 23.1. The van der Waals surface area contributed by atoms with Gasteiger partial charge in [0, 0.05) is 32.2 Å². The van der Waals surface area contributed by atoms with Crippen LogP contribution in [0, 0.1) is 10.1 Å². The van der Waals surface area contributed by atoms with Crippen LogP contribution in [0.3, 0.4) is 0 Å². The Labute approximate surface area is 180 Å². The van der Waals surface area contributed by atoms with Crippen molar-refractivity contribution in [3.8, 4) is 0 Å². The third kappa shape index (κ3) is 5.21. The molecule has 0 spiro atoms. The molecule has 1 N–H and O–H groups in total. The number of nitro benzene ring substituents is 1. The number of urea groups is 1. The van der Waals surface area contributed by atoms with E-state index in [9.17, 15) is 32.9 Å². The predicted molar refractivity (Wildman–Crippen MR) is 109 cm³/mol. The van der Waals surface area contributed by atoms with Gasteiger partial charge in [0.25, 0.3) is 11.6 Å². The second-order valence-corrected chi connectivity index (χ2v) is 8.24. The Morgan fingerprint density at radius 2 is 1.90 bits per heavy atom. The molecule has 2 aliphatic heterocycles. The molecule has 2 fully saturated rings. The number of nitrogens with zero attached hydrogens (tertiary/aromatic N) is 4. The van der Waals surface area contributed by atoms with E-state index in [1.54, 1.807) is 16.7 Å². The van der Waals surface area contributed by atoms with Crippen molar-refractivity contribution in [2.45, 2.75) is 18.6 Å². The lowest BCUT2D eigenvalue weighted by Gasteiger charge is -2.36. The number of anilines is 1. The van der Waals surface area contributed by atoms with Crippen LogP contribution in [0.25, 0.3) is 0 Å². The number of carbonyl (C=O) groups is 2. The Bertz CT molecular complexity index is 861. The number of thioether (sulfide) groups is 1. The molecule has 9 nitrogen and oxygen atoms in total. The zero-order valence-electron chi connectivity index (χ0n) is 16.7. The van der Waals surface area contributed by atoms with Crippen molar-refractivity contribution >= 4 is 35.1 Å². The van der Waals surface area contributed by atoms with E-state index in [0.29, 0.717) is 38.7 Å². The fourth-order valence-electron chi connectivity index (χ4n) is 3.59. The molecule has 1 aromatic carbocycles. The van der Waals surface area contributed by atoms with Gasteiger partial charge < -0.3 is 10.2 Å². The number of nitrogens with one attached hydrogen (secondary N) is 1. The van der Waals surface area contributed by atoms with Gasteiger partial charge in [0.1, 0.15) is 11.7 Å². The molecule has 0 aromatic heterocycles. The Kier molecular flexibility index (Phi) is 6.94. The maximum absolute atomic E-state index is 12.9. The molecule has 0 aliphatic carbocycles. The second kappa shape index (κ2) is 9.30. The number of rotatable bonds is 7. The molecule has 2 saturated heterocycles. The Balaban J connectivity index is 1.63. The second-order valence-electron chi connectivity index (χ2n) is 7.25. The highest BCUT2D eigenvalue weighted by molar-refractivity contribution is 7.98. The van der Waals surface area contributed by atoms with Gasteiger partial charge in [0.2, 0.25) is 0 Å². The third-order valence-electron chi connectivity index (χ3n) is 5.27. The molecule has 3 rings (SSSR count). The standard InChI is InChI=1S/C18H22F3N5O4S/c1-31-9-4-13-16(27)25(17(28)22-13)11-23-5-7-24(8-6-23)14-3-2-12(18(19,20)21)10-15(14)26(29)30/h2-3,10,13H,4-9,11H2,1H3,(H,22,28)/t13-/m1/s1. The van der Waals surface area contributed by atoms with E-state index in [-0.39, 0.29) is 18.3 Å². The lowest BCUT2D eigenvalue weighted by atomic mass is 10.1. The zero-order valence-corrected chi connectivity index (χ0v) is 17.5.